The van der Waals surface area contributed by atoms with Crippen molar-refractivity contribution in [2.24, 2.45) is 5.92 Å². The van der Waals surface area contributed by atoms with Gasteiger partial charge in [0.15, 0.2) is 0 Å². The van der Waals surface area contributed by atoms with Gasteiger partial charge in [-0.2, -0.15) is 0 Å². The SMILES string of the molecule is CCCNc1cc(C(=O)NC2CC2CC)ccc1[N+](=O)[O-]. The average Bonchev–Trinajstić information content (AvgIpc) is 3.22. The van der Waals surface area contributed by atoms with Crippen LogP contribution in [0.3, 0.4) is 0 Å². The van der Waals surface area contributed by atoms with E-state index >= 15 is 0 Å². The van der Waals surface area contributed by atoms with Crippen molar-refractivity contribution in [2.75, 3.05) is 11.9 Å². The van der Waals surface area contributed by atoms with Gasteiger partial charge in [-0.25, -0.2) is 0 Å². The van der Waals surface area contributed by atoms with Crippen molar-refractivity contribution in [2.45, 2.75) is 39.2 Å². The number of hydrogen-bond donors (Lipinski definition) is 2. The van der Waals surface area contributed by atoms with Gasteiger partial charge >= 0.3 is 0 Å². The lowest BCUT2D eigenvalue weighted by Crippen LogP contribution is -2.26. The summed E-state index contributed by atoms with van der Waals surface area (Å²) in [7, 11) is 0. The lowest BCUT2D eigenvalue weighted by molar-refractivity contribution is -0.384. The summed E-state index contributed by atoms with van der Waals surface area (Å²) < 4.78 is 0. The molecular weight excluding hydrogens is 270 g/mol. The second-order valence-electron chi connectivity index (χ2n) is 5.40. The standard InChI is InChI=1S/C15H21N3O3/c1-3-7-16-13-9-11(5-6-14(13)18(20)21)15(19)17-12-8-10(12)4-2/h5-6,9-10,12,16H,3-4,7-8H2,1-2H3,(H,17,19). The Morgan fingerprint density at radius 3 is 2.76 bits per heavy atom. The summed E-state index contributed by atoms with van der Waals surface area (Å²) in [6, 6.07) is 4.71. The Morgan fingerprint density at radius 2 is 2.19 bits per heavy atom. The van der Waals surface area contributed by atoms with Crippen LogP contribution in [0, 0.1) is 16.0 Å². The number of benzene rings is 1. The van der Waals surface area contributed by atoms with Crippen molar-refractivity contribution >= 4 is 17.3 Å². The molecule has 2 N–H and O–H groups in total. The molecule has 21 heavy (non-hydrogen) atoms. The van der Waals surface area contributed by atoms with E-state index in [-0.39, 0.29) is 17.6 Å². The smallest absolute Gasteiger partial charge is 0.292 e. The normalized spacial score (nSPS) is 19.9. The minimum absolute atomic E-state index is 0.00198. The maximum Gasteiger partial charge on any atom is 0.292 e. The van der Waals surface area contributed by atoms with Crippen LogP contribution in [-0.4, -0.2) is 23.4 Å². The lowest BCUT2D eigenvalue weighted by Gasteiger charge is -2.09. The molecule has 0 spiro atoms. The Morgan fingerprint density at radius 1 is 1.43 bits per heavy atom. The van der Waals surface area contributed by atoms with E-state index in [9.17, 15) is 14.9 Å². The molecular formula is C15H21N3O3. The highest BCUT2D eigenvalue weighted by Crippen LogP contribution is 2.33. The Bertz CT molecular complexity index is 545. The monoisotopic (exact) mass is 291 g/mol. The van der Waals surface area contributed by atoms with Crippen LogP contribution in [0.5, 0.6) is 0 Å². The second-order valence-corrected chi connectivity index (χ2v) is 5.40. The number of amides is 1. The number of carbonyl (C=O) groups excluding carboxylic acids is 1. The van der Waals surface area contributed by atoms with Gasteiger partial charge in [-0.15, -0.1) is 0 Å². The summed E-state index contributed by atoms with van der Waals surface area (Å²) in [5.74, 6) is 0.412. The molecule has 0 heterocycles. The molecule has 0 radical (unpaired) electrons. The largest absolute Gasteiger partial charge is 0.379 e. The maximum atomic E-state index is 12.2. The fraction of sp³-hybridized carbons (Fsp3) is 0.533. The highest BCUT2D eigenvalue weighted by Gasteiger charge is 2.36. The molecule has 0 aliphatic heterocycles. The molecule has 114 valence electrons. The third-order valence-corrected chi connectivity index (χ3v) is 3.78. The Kier molecular flexibility index (Phi) is 4.77. The van der Waals surface area contributed by atoms with Crippen LogP contribution in [0.4, 0.5) is 11.4 Å². The van der Waals surface area contributed by atoms with Crippen LogP contribution in [0.2, 0.25) is 0 Å². The van der Waals surface area contributed by atoms with Gasteiger partial charge in [-0.1, -0.05) is 20.3 Å². The number of hydrogen-bond acceptors (Lipinski definition) is 4. The van der Waals surface area contributed by atoms with Crippen LogP contribution in [0.15, 0.2) is 18.2 Å². The molecule has 0 aromatic heterocycles. The van der Waals surface area contributed by atoms with Crippen molar-refractivity contribution in [3.05, 3.63) is 33.9 Å². The molecule has 2 atom stereocenters. The van der Waals surface area contributed by atoms with Crippen LogP contribution < -0.4 is 10.6 Å². The zero-order chi connectivity index (χ0) is 15.4. The van der Waals surface area contributed by atoms with Crippen molar-refractivity contribution in [1.82, 2.24) is 5.32 Å². The summed E-state index contributed by atoms with van der Waals surface area (Å²) in [6.07, 6.45) is 2.94. The number of nitro groups is 1. The van der Waals surface area contributed by atoms with E-state index in [1.807, 2.05) is 6.92 Å². The molecule has 1 fully saturated rings. The van der Waals surface area contributed by atoms with E-state index in [4.69, 9.17) is 0 Å². The molecule has 2 unspecified atom stereocenters. The number of carbonyl (C=O) groups is 1. The van der Waals surface area contributed by atoms with Crippen LogP contribution in [-0.2, 0) is 0 Å². The lowest BCUT2D eigenvalue weighted by atomic mass is 10.1. The van der Waals surface area contributed by atoms with E-state index in [2.05, 4.69) is 17.6 Å². The molecule has 0 saturated heterocycles. The number of rotatable bonds is 7. The number of nitrogens with one attached hydrogen (secondary N) is 2. The Hall–Kier alpha value is -2.11. The summed E-state index contributed by atoms with van der Waals surface area (Å²) in [4.78, 5) is 22.7. The van der Waals surface area contributed by atoms with Gasteiger partial charge < -0.3 is 10.6 Å². The molecule has 6 nitrogen and oxygen atoms in total. The van der Waals surface area contributed by atoms with Gasteiger partial charge in [-0.05, 0) is 30.9 Å². The highest BCUT2D eigenvalue weighted by molar-refractivity contribution is 5.96. The third-order valence-electron chi connectivity index (χ3n) is 3.78. The summed E-state index contributed by atoms with van der Waals surface area (Å²) >= 11 is 0. The first-order chi connectivity index (χ1) is 10.1. The molecule has 1 aromatic carbocycles. The fourth-order valence-electron chi connectivity index (χ4n) is 2.37. The van der Waals surface area contributed by atoms with Gasteiger partial charge in [0.25, 0.3) is 11.6 Å². The topological polar surface area (TPSA) is 84.3 Å². The van der Waals surface area contributed by atoms with Gasteiger partial charge in [-0.3, -0.25) is 14.9 Å². The minimum atomic E-state index is -0.437. The predicted molar refractivity (Wildman–Crippen MR) is 81.5 cm³/mol. The van der Waals surface area contributed by atoms with Gasteiger partial charge in [0.1, 0.15) is 5.69 Å². The number of anilines is 1. The van der Waals surface area contributed by atoms with Crippen molar-refractivity contribution in [3.8, 4) is 0 Å². The van der Waals surface area contributed by atoms with E-state index in [1.54, 1.807) is 6.07 Å². The van der Waals surface area contributed by atoms with Crippen molar-refractivity contribution < 1.29 is 9.72 Å². The Labute approximate surface area is 124 Å². The van der Waals surface area contributed by atoms with Crippen LogP contribution in [0.25, 0.3) is 0 Å². The van der Waals surface area contributed by atoms with E-state index < -0.39 is 4.92 Å². The van der Waals surface area contributed by atoms with E-state index in [0.717, 1.165) is 19.3 Å². The van der Waals surface area contributed by atoms with Crippen LogP contribution in [0.1, 0.15) is 43.5 Å². The molecule has 1 saturated carbocycles. The van der Waals surface area contributed by atoms with E-state index in [0.29, 0.717) is 23.7 Å². The van der Waals surface area contributed by atoms with E-state index in [1.165, 1.54) is 12.1 Å². The third kappa shape index (κ3) is 3.71. The first-order valence-electron chi connectivity index (χ1n) is 7.40. The molecule has 1 aliphatic carbocycles. The zero-order valence-corrected chi connectivity index (χ0v) is 12.4. The maximum absolute atomic E-state index is 12.2. The highest BCUT2D eigenvalue weighted by atomic mass is 16.6. The molecule has 1 aromatic rings. The van der Waals surface area contributed by atoms with Gasteiger partial charge in [0.05, 0.1) is 4.92 Å². The number of nitrogens with zero attached hydrogens (tertiary/aromatic N) is 1. The van der Waals surface area contributed by atoms with Gasteiger partial charge in [0.2, 0.25) is 0 Å². The fourth-order valence-corrected chi connectivity index (χ4v) is 2.37. The molecule has 2 rings (SSSR count). The molecule has 0 bridgehead atoms. The zero-order valence-electron chi connectivity index (χ0n) is 12.4. The second kappa shape index (κ2) is 6.56. The number of nitro benzene ring substituents is 1. The molecule has 1 aliphatic rings. The first kappa shape index (κ1) is 15.3. The average molecular weight is 291 g/mol. The van der Waals surface area contributed by atoms with Crippen molar-refractivity contribution in [1.29, 1.82) is 0 Å². The quantitative estimate of drug-likeness (QED) is 0.597. The predicted octanol–water partition coefficient (Wildman–Crippen LogP) is 2.95. The van der Waals surface area contributed by atoms with Gasteiger partial charge in [0, 0.05) is 24.2 Å². The minimum Gasteiger partial charge on any atom is -0.379 e. The molecule has 1 amide bonds. The van der Waals surface area contributed by atoms with Crippen LogP contribution >= 0.6 is 0 Å². The molecule has 6 heteroatoms. The Balaban J connectivity index is 2.12. The summed E-state index contributed by atoms with van der Waals surface area (Å²) in [6.45, 7) is 4.72. The first-order valence-corrected chi connectivity index (χ1v) is 7.40. The summed E-state index contributed by atoms with van der Waals surface area (Å²) in [5.41, 5.74) is 0.858. The summed E-state index contributed by atoms with van der Waals surface area (Å²) in [5, 5.41) is 17.0. The van der Waals surface area contributed by atoms with Crippen molar-refractivity contribution in [3.63, 3.8) is 0 Å².